The highest BCUT2D eigenvalue weighted by atomic mass is 16.5. The predicted molar refractivity (Wildman–Crippen MR) is 143 cm³/mol. The van der Waals surface area contributed by atoms with Crippen LogP contribution in [-0.2, 0) is 9.59 Å². The number of carbonyl (C=O) groups is 2. The van der Waals surface area contributed by atoms with E-state index in [4.69, 9.17) is 4.74 Å². The van der Waals surface area contributed by atoms with Gasteiger partial charge in [-0.05, 0) is 61.1 Å². The van der Waals surface area contributed by atoms with Crippen molar-refractivity contribution in [2.45, 2.75) is 65.3 Å². The van der Waals surface area contributed by atoms with Crippen molar-refractivity contribution in [3.05, 3.63) is 64.7 Å². The summed E-state index contributed by atoms with van der Waals surface area (Å²) < 4.78 is 5.33. The zero-order chi connectivity index (χ0) is 26.2. The van der Waals surface area contributed by atoms with Gasteiger partial charge < -0.3 is 14.7 Å². The summed E-state index contributed by atoms with van der Waals surface area (Å²) >= 11 is 0. The van der Waals surface area contributed by atoms with E-state index in [1.165, 1.54) is 5.56 Å². The normalized spacial score (nSPS) is 19.9. The molecule has 1 aliphatic rings. The Balaban J connectivity index is 1.98. The first-order chi connectivity index (χ1) is 17.3. The van der Waals surface area contributed by atoms with Crippen LogP contribution in [0.25, 0.3) is 0 Å². The van der Waals surface area contributed by atoms with Crippen LogP contribution in [0.2, 0.25) is 0 Å². The van der Waals surface area contributed by atoms with Crippen molar-refractivity contribution >= 4 is 11.9 Å². The van der Waals surface area contributed by atoms with Gasteiger partial charge in [0.25, 0.3) is 0 Å². The first-order valence-corrected chi connectivity index (χ1v) is 13.3. The molecule has 1 heterocycles. The summed E-state index contributed by atoms with van der Waals surface area (Å²) in [4.78, 5) is 30.3. The highest BCUT2D eigenvalue weighted by Gasteiger charge is 2.48. The number of rotatable bonds is 12. The van der Waals surface area contributed by atoms with Crippen LogP contribution in [0.15, 0.2) is 42.5 Å². The summed E-state index contributed by atoms with van der Waals surface area (Å²) in [5.41, 5.74) is 4.26. The molecule has 0 saturated carbocycles. The molecule has 0 bridgehead atoms. The maximum atomic E-state index is 13.5. The maximum absolute atomic E-state index is 13.5. The van der Waals surface area contributed by atoms with Gasteiger partial charge >= 0.3 is 5.97 Å². The molecular formula is C30H42N2O4. The topological polar surface area (TPSA) is 70.1 Å². The molecule has 2 aromatic rings. The number of unbranched alkanes of at least 4 members (excludes halogenated alkanes) is 2. The molecule has 2 aromatic carbocycles. The van der Waals surface area contributed by atoms with E-state index in [1.54, 1.807) is 7.11 Å². The van der Waals surface area contributed by atoms with E-state index < -0.39 is 17.9 Å². The van der Waals surface area contributed by atoms with E-state index in [2.05, 4.69) is 44.7 Å². The first-order valence-electron chi connectivity index (χ1n) is 13.3. The smallest absolute Gasteiger partial charge is 0.309 e. The molecule has 3 atom stereocenters. The Morgan fingerprint density at radius 3 is 2.11 bits per heavy atom. The summed E-state index contributed by atoms with van der Waals surface area (Å²) in [6.45, 7) is 10.6. The van der Waals surface area contributed by atoms with Crippen LogP contribution in [-0.4, -0.2) is 60.1 Å². The number of carbonyl (C=O) groups excluding carboxylic acids is 1. The fourth-order valence-corrected chi connectivity index (χ4v) is 5.26. The SMILES string of the molecule is CCCCN(CCCC)C(=O)CN1C[C@H](c2ccc(C)c(C)c2)[C@H](C(=O)O)[C@H]1c1ccc(OC)cc1. The van der Waals surface area contributed by atoms with Crippen LogP contribution < -0.4 is 4.74 Å². The number of carboxylic acids is 1. The highest BCUT2D eigenvalue weighted by molar-refractivity contribution is 5.79. The molecule has 3 rings (SSSR count). The van der Waals surface area contributed by atoms with Gasteiger partial charge in [-0.3, -0.25) is 14.5 Å². The van der Waals surface area contributed by atoms with Gasteiger partial charge in [-0.15, -0.1) is 0 Å². The van der Waals surface area contributed by atoms with Crippen LogP contribution in [0, 0.1) is 19.8 Å². The maximum Gasteiger partial charge on any atom is 0.309 e. The second-order valence-corrected chi connectivity index (χ2v) is 10.0. The average Bonchev–Trinajstić information content (AvgIpc) is 3.25. The number of benzene rings is 2. The third-order valence-electron chi connectivity index (χ3n) is 7.55. The molecule has 36 heavy (non-hydrogen) atoms. The van der Waals surface area contributed by atoms with Gasteiger partial charge in [-0.1, -0.05) is 57.0 Å². The second kappa shape index (κ2) is 12.9. The van der Waals surface area contributed by atoms with Crippen LogP contribution in [0.1, 0.15) is 73.7 Å². The minimum absolute atomic E-state index is 0.0836. The van der Waals surface area contributed by atoms with Crippen molar-refractivity contribution in [1.82, 2.24) is 9.80 Å². The van der Waals surface area contributed by atoms with Gasteiger partial charge in [0.2, 0.25) is 5.91 Å². The summed E-state index contributed by atoms with van der Waals surface area (Å²) in [6.07, 6.45) is 4.01. The molecule has 6 nitrogen and oxygen atoms in total. The van der Waals surface area contributed by atoms with E-state index in [9.17, 15) is 14.7 Å². The van der Waals surface area contributed by atoms with Crippen LogP contribution in [0.3, 0.4) is 0 Å². The van der Waals surface area contributed by atoms with Crippen molar-refractivity contribution in [2.24, 2.45) is 5.92 Å². The lowest BCUT2D eigenvalue weighted by Crippen LogP contribution is -2.42. The molecule has 0 spiro atoms. The number of hydrogen-bond donors (Lipinski definition) is 1. The van der Waals surface area contributed by atoms with Crippen LogP contribution in [0.5, 0.6) is 5.75 Å². The number of hydrogen-bond acceptors (Lipinski definition) is 4. The van der Waals surface area contributed by atoms with Gasteiger partial charge in [0.05, 0.1) is 19.6 Å². The Morgan fingerprint density at radius 1 is 0.972 bits per heavy atom. The third-order valence-corrected chi connectivity index (χ3v) is 7.55. The monoisotopic (exact) mass is 494 g/mol. The van der Waals surface area contributed by atoms with Gasteiger partial charge in [-0.25, -0.2) is 0 Å². The lowest BCUT2D eigenvalue weighted by molar-refractivity contribution is -0.144. The Labute approximate surface area is 216 Å². The molecule has 0 aliphatic carbocycles. The van der Waals surface area contributed by atoms with Crippen molar-refractivity contribution in [3.63, 3.8) is 0 Å². The molecule has 6 heteroatoms. The van der Waals surface area contributed by atoms with Crippen LogP contribution in [0.4, 0.5) is 0 Å². The van der Waals surface area contributed by atoms with Crippen molar-refractivity contribution in [2.75, 3.05) is 33.3 Å². The predicted octanol–water partition coefficient (Wildman–Crippen LogP) is 5.58. The molecule has 1 N–H and O–H groups in total. The van der Waals surface area contributed by atoms with Gasteiger partial charge in [0.15, 0.2) is 0 Å². The van der Waals surface area contributed by atoms with E-state index in [0.29, 0.717) is 6.54 Å². The van der Waals surface area contributed by atoms with Crippen molar-refractivity contribution in [3.8, 4) is 5.75 Å². The third kappa shape index (κ3) is 6.47. The number of methoxy groups -OCH3 is 1. The molecule has 0 aromatic heterocycles. The Kier molecular flexibility index (Phi) is 9.94. The fraction of sp³-hybridized carbons (Fsp3) is 0.533. The molecular weight excluding hydrogens is 452 g/mol. The Morgan fingerprint density at radius 2 is 1.58 bits per heavy atom. The largest absolute Gasteiger partial charge is 0.497 e. The number of amides is 1. The molecule has 1 saturated heterocycles. The number of ether oxygens (including phenoxy) is 1. The lowest BCUT2D eigenvalue weighted by Gasteiger charge is -2.30. The van der Waals surface area contributed by atoms with E-state index in [0.717, 1.165) is 61.2 Å². The van der Waals surface area contributed by atoms with Crippen molar-refractivity contribution < 1.29 is 19.4 Å². The van der Waals surface area contributed by atoms with E-state index in [-0.39, 0.29) is 18.4 Å². The summed E-state index contributed by atoms with van der Waals surface area (Å²) in [5, 5.41) is 10.4. The molecule has 1 aliphatic heterocycles. The number of aryl methyl sites for hydroxylation is 2. The minimum Gasteiger partial charge on any atom is -0.497 e. The average molecular weight is 495 g/mol. The van der Waals surface area contributed by atoms with Gasteiger partial charge in [0, 0.05) is 31.6 Å². The Hall–Kier alpha value is -2.86. The number of aliphatic carboxylic acids is 1. The summed E-state index contributed by atoms with van der Waals surface area (Å²) in [5.74, 6) is -0.889. The van der Waals surface area contributed by atoms with Gasteiger partial charge in [-0.2, -0.15) is 0 Å². The lowest BCUT2D eigenvalue weighted by atomic mass is 9.82. The molecule has 1 fully saturated rings. The minimum atomic E-state index is -0.831. The molecule has 196 valence electrons. The molecule has 0 unspecified atom stereocenters. The van der Waals surface area contributed by atoms with E-state index in [1.807, 2.05) is 35.2 Å². The standard InChI is InChI=1S/C30H42N2O4/c1-6-8-16-31(17-9-7-2)27(33)20-32-19-26(24-11-10-21(3)22(4)18-24)28(30(34)35)29(32)23-12-14-25(36-5)15-13-23/h10-15,18,26,28-29H,6-9,16-17,19-20H2,1-5H3,(H,34,35)/t26-,28+,29-/m1/s1. The number of likely N-dealkylation sites (tertiary alicyclic amines) is 1. The van der Waals surface area contributed by atoms with Crippen molar-refractivity contribution in [1.29, 1.82) is 0 Å². The summed E-state index contributed by atoms with van der Waals surface area (Å²) in [7, 11) is 1.62. The fourth-order valence-electron chi connectivity index (χ4n) is 5.26. The molecule has 1 amide bonds. The number of nitrogens with zero attached hydrogens (tertiary/aromatic N) is 2. The first kappa shape index (κ1) is 27.7. The highest BCUT2D eigenvalue weighted by Crippen LogP contribution is 2.46. The molecule has 0 radical (unpaired) electrons. The zero-order valence-electron chi connectivity index (χ0n) is 22.5. The quantitative estimate of drug-likeness (QED) is 0.417. The summed E-state index contributed by atoms with van der Waals surface area (Å²) in [6, 6.07) is 13.4. The van der Waals surface area contributed by atoms with E-state index >= 15 is 0 Å². The second-order valence-electron chi connectivity index (χ2n) is 10.0. The number of carboxylic acid groups (broad SMARTS) is 1. The Bertz CT molecular complexity index is 1010. The van der Waals surface area contributed by atoms with Gasteiger partial charge in [0.1, 0.15) is 5.75 Å². The van der Waals surface area contributed by atoms with Crippen LogP contribution >= 0.6 is 0 Å². The zero-order valence-corrected chi connectivity index (χ0v) is 22.5.